The van der Waals surface area contributed by atoms with Gasteiger partial charge in [0.2, 0.25) is 5.91 Å². The number of nitrogens with zero attached hydrogens (tertiary/aromatic N) is 3. The Morgan fingerprint density at radius 1 is 1.16 bits per heavy atom. The SMILES string of the molecule is N/C=[N+](\N)c1ccc(Cl)cc1-c1ccc(Cc2cccc(C3CCN(C(=O)C4CC4(F)F)CC3)c2)nc1. The highest BCUT2D eigenvalue weighted by Gasteiger charge is 2.62. The van der Waals surface area contributed by atoms with Gasteiger partial charge in [0.05, 0.1) is 0 Å². The Kier molecular flexibility index (Phi) is 6.86. The Morgan fingerprint density at radius 3 is 2.57 bits per heavy atom. The first-order valence-corrected chi connectivity index (χ1v) is 12.7. The smallest absolute Gasteiger partial charge is 0.260 e. The van der Waals surface area contributed by atoms with Crippen LogP contribution in [0.15, 0.2) is 60.8 Å². The Balaban J connectivity index is 1.24. The maximum Gasteiger partial charge on any atom is 0.260 e. The zero-order valence-corrected chi connectivity index (χ0v) is 21.0. The van der Waals surface area contributed by atoms with E-state index in [4.69, 9.17) is 23.2 Å². The number of rotatable bonds is 6. The van der Waals surface area contributed by atoms with Gasteiger partial charge in [-0.05, 0) is 54.2 Å². The van der Waals surface area contributed by atoms with E-state index in [1.807, 2.05) is 30.3 Å². The van der Waals surface area contributed by atoms with Crippen molar-refractivity contribution >= 4 is 29.5 Å². The van der Waals surface area contributed by atoms with Crippen molar-refractivity contribution in [2.24, 2.45) is 17.5 Å². The Hall–Kier alpha value is -3.52. The van der Waals surface area contributed by atoms with Crippen LogP contribution < -0.4 is 11.6 Å². The summed E-state index contributed by atoms with van der Waals surface area (Å²) in [6.45, 7) is 1.05. The lowest BCUT2D eigenvalue weighted by Crippen LogP contribution is -2.39. The number of amides is 1. The van der Waals surface area contributed by atoms with Gasteiger partial charge in [-0.25, -0.2) is 8.78 Å². The van der Waals surface area contributed by atoms with Crippen molar-refractivity contribution < 1.29 is 18.3 Å². The molecule has 2 aliphatic rings. The molecule has 192 valence electrons. The molecule has 0 spiro atoms. The number of carbonyl (C=O) groups is 1. The molecule has 2 fully saturated rings. The molecule has 0 bridgehead atoms. The van der Waals surface area contributed by atoms with E-state index in [0.717, 1.165) is 35.2 Å². The first kappa shape index (κ1) is 25.1. The van der Waals surface area contributed by atoms with E-state index in [-0.39, 0.29) is 6.42 Å². The van der Waals surface area contributed by atoms with Gasteiger partial charge in [0.15, 0.2) is 5.69 Å². The Morgan fingerprint density at radius 2 is 1.92 bits per heavy atom. The second kappa shape index (κ2) is 10.1. The van der Waals surface area contributed by atoms with Crippen molar-refractivity contribution in [2.75, 3.05) is 13.1 Å². The minimum atomic E-state index is -2.81. The largest absolute Gasteiger partial charge is 0.342 e. The lowest BCUT2D eigenvalue weighted by molar-refractivity contribution is -0.447. The van der Waals surface area contributed by atoms with Crippen molar-refractivity contribution in [3.05, 3.63) is 82.6 Å². The topological polar surface area (TPSA) is 88.2 Å². The fourth-order valence-corrected chi connectivity index (χ4v) is 5.21. The summed E-state index contributed by atoms with van der Waals surface area (Å²) >= 11 is 6.21. The zero-order valence-electron chi connectivity index (χ0n) is 20.3. The summed E-state index contributed by atoms with van der Waals surface area (Å²) in [5.41, 5.74) is 11.3. The van der Waals surface area contributed by atoms with Gasteiger partial charge >= 0.3 is 0 Å². The highest BCUT2D eigenvalue weighted by molar-refractivity contribution is 6.31. The van der Waals surface area contributed by atoms with Crippen molar-refractivity contribution in [1.29, 1.82) is 0 Å². The van der Waals surface area contributed by atoms with Crippen LogP contribution in [-0.2, 0) is 11.2 Å². The van der Waals surface area contributed by atoms with E-state index in [2.05, 4.69) is 23.2 Å². The van der Waals surface area contributed by atoms with E-state index >= 15 is 0 Å². The van der Waals surface area contributed by atoms with Crippen LogP contribution in [-0.4, -0.2) is 45.8 Å². The van der Waals surface area contributed by atoms with Crippen molar-refractivity contribution in [3.8, 4) is 11.1 Å². The number of hydrogen-bond donors (Lipinski definition) is 2. The van der Waals surface area contributed by atoms with Crippen LogP contribution >= 0.6 is 11.6 Å². The molecule has 9 heteroatoms. The number of halogens is 3. The van der Waals surface area contributed by atoms with Gasteiger partial charge < -0.3 is 4.90 Å². The van der Waals surface area contributed by atoms with Crippen molar-refractivity contribution in [1.82, 2.24) is 9.88 Å². The molecular weight excluding hydrogens is 496 g/mol. The van der Waals surface area contributed by atoms with Crippen molar-refractivity contribution in [2.45, 2.75) is 37.5 Å². The number of hydrazone groups is 1. The predicted octanol–water partition coefficient (Wildman–Crippen LogP) is 4.86. The third-order valence-electron chi connectivity index (χ3n) is 7.27. The van der Waals surface area contributed by atoms with Crippen LogP contribution in [0.25, 0.3) is 11.1 Å². The van der Waals surface area contributed by atoms with Gasteiger partial charge in [-0.3, -0.25) is 21.4 Å². The molecule has 4 N–H and O–H groups in total. The third-order valence-corrected chi connectivity index (χ3v) is 7.51. The van der Waals surface area contributed by atoms with Gasteiger partial charge in [0, 0.05) is 54.0 Å². The molecule has 37 heavy (non-hydrogen) atoms. The fourth-order valence-electron chi connectivity index (χ4n) is 5.03. The summed E-state index contributed by atoms with van der Waals surface area (Å²) < 4.78 is 27.9. The Labute approximate surface area is 219 Å². The van der Waals surface area contributed by atoms with Gasteiger partial charge in [0.1, 0.15) is 5.92 Å². The molecule has 1 aliphatic heterocycles. The van der Waals surface area contributed by atoms with Gasteiger partial charge in [-0.15, -0.1) is 4.68 Å². The quantitative estimate of drug-likeness (QED) is 0.158. The molecule has 3 aromatic rings. The molecule has 1 aromatic heterocycles. The average Bonchev–Trinajstić information content (AvgIpc) is 3.56. The number of likely N-dealkylation sites (tertiary alicyclic amines) is 1. The van der Waals surface area contributed by atoms with E-state index in [9.17, 15) is 13.6 Å². The number of aromatic nitrogens is 1. The van der Waals surface area contributed by atoms with Gasteiger partial charge in [-0.2, -0.15) is 0 Å². The molecule has 6 nitrogen and oxygen atoms in total. The minimum absolute atomic E-state index is 0.304. The van der Waals surface area contributed by atoms with E-state index in [0.29, 0.717) is 36.1 Å². The lowest BCUT2D eigenvalue weighted by atomic mass is 9.88. The molecule has 1 amide bonds. The zero-order chi connectivity index (χ0) is 26.2. The highest BCUT2D eigenvalue weighted by Crippen LogP contribution is 2.50. The molecule has 1 saturated carbocycles. The summed E-state index contributed by atoms with van der Waals surface area (Å²) in [5, 5.41) is 0.589. The second-order valence-corrected chi connectivity index (χ2v) is 10.2. The molecule has 2 aromatic carbocycles. The number of hydrazine groups is 1. The van der Waals surface area contributed by atoms with Crippen LogP contribution in [0.5, 0.6) is 0 Å². The van der Waals surface area contributed by atoms with Crippen LogP contribution in [0, 0.1) is 5.92 Å². The first-order chi connectivity index (χ1) is 17.7. The minimum Gasteiger partial charge on any atom is -0.342 e. The number of nitrogens with two attached hydrogens (primary N) is 2. The predicted molar refractivity (Wildman–Crippen MR) is 140 cm³/mol. The highest BCUT2D eigenvalue weighted by atomic mass is 35.5. The monoisotopic (exact) mass is 524 g/mol. The molecule has 0 radical (unpaired) electrons. The molecular formula is C28H29ClF2N5O+. The number of alkyl halides is 2. The molecule has 2 heterocycles. The molecule has 1 atom stereocenters. The maximum atomic E-state index is 13.3. The average molecular weight is 525 g/mol. The summed E-state index contributed by atoms with van der Waals surface area (Å²) in [6, 6.07) is 17.8. The summed E-state index contributed by atoms with van der Waals surface area (Å²) in [6.07, 6.45) is 5.01. The molecule has 1 saturated heterocycles. The molecule has 1 aliphatic carbocycles. The second-order valence-electron chi connectivity index (χ2n) is 9.80. The van der Waals surface area contributed by atoms with Crippen LogP contribution in [0.2, 0.25) is 5.02 Å². The van der Waals surface area contributed by atoms with Crippen LogP contribution in [0.3, 0.4) is 0 Å². The van der Waals surface area contributed by atoms with Crippen LogP contribution in [0.1, 0.15) is 42.0 Å². The summed E-state index contributed by atoms with van der Waals surface area (Å²) in [7, 11) is 0. The van der Waals surface area contributed by atoms with E-state index in [1.54, 1.807) is 17.2 Å². The number of benzene rings is 2. The van der Waals surface area contributed by atoms with Gasteiger partial charge in [0.25, 0.3) is 12.3 Å². The van der Waals surface area contributed by atoms with E-state index in [1.165, 1.54) is 16.6 Å². The van der Waals surface area contributed by atoms with Crippen LogP contribution in [0.4, 0.5) is 14.5 Å². The third kappa shape index (κ3) is 5.44. The number of piperidine rings is 1. The normalized spacial score (nSPS) is 19.6. The Bertz CT molecular complexity index is 1340. The van der Waals surface area contributed by atoms with E-state index < -0.39 is 17.7 Å². The fraction of sp³-hybridized carbons (Fsp3) is 0.321. The summed E-state index contributed by atoms with van der Waals surface area (Å²) in [5.74, 6) is 1.98. The number of carbonyl (C=O) groups excluding carboxylic acids is 1. The number of pyridine rings is 1. The van der Waals surface area contributed by atoms with Gasteiger partial charge in [-0.1, -0.05) is 41.9 Å². The molecule has 1 unspecified atom stereocenters. The van der Waals surface area contributed by atoms with Crippen molar-refractivity contribution in [3.63, 3.8) is 0 Å². The number of hydrogen-bond acceptors (Lipinski definition) is 3. The molecule has 5 rings (SSSR count). The standard InChI is InChI=1S/C28H28ClF2N5O/c29-22-5-7-26(36(33)17-32)24(14-22)21-4-6-23(34-16-21)13-18-2-1-3-20(12-18)19-8-10-35(11-9-19)27(37)25-15-28(25,30)31/h1-7,12,14,16-17,19,25,32H,8-11,13,15,33H2/p+1. The first-order valence-electron chi connectivity index (χ1n) is 12.3. The summed E-state index contributed by atoms with van der Waals surface area (Å²) in [4.78, 5) is 18.6. The maximum absolute atomic E-state index is 13.3. The lowest BCUT2D eigenvalue weighted by Gasteiger charge is -2.32.